The lowest BCUT2D eigenvalue weighted by molar-refractivity contribution is 0.156. The molecule has 1 heterocycles. The Morgan fingerprint density at radius 2 is 1.82 bits per heavy atom. The molecule has 1 aliphatic carbocycles. The van der Waals surface area contributed by atoms with E-state index < -0.39 is 0 Å². The van der Waals surface area contributed by atoms with Crippen LogP contribution in [0.2, 0.25) is 0 Å². The fourth-order valence-electron chi connectivity index (χ4n) is 3.77. The van der Waals surface area contributed by atoms with E-state index in [4.69, 9.17) is 0 Å². The van der Waals surface area contributed by atoms with Crippen molar-refractivity contribution in [3.05, 3.63) is 0 Å². The van der Waals surface area contributed by atoms with Crippen LogP contribution in [0.3, 0.4) is 0 Å². The molecular weight excluding hydrogens is 208 g/mol. The summed E-state index contributed by atoms with van der Waals surface area (Å²) in [4.78, 5) is 2.48. The minimum absolute atomic E-state index is 0.748. The fraction of sp³-hybridized carbons (Fsp3) is 1.00. The average Bonchev–Trinajstić information content (AvgIpc) is 2.29. The minimum Gasteiger partial charge on any atom is -0.310 e. The molecule has 3 atom stereocenters. The molecule has 100 valence electrons. The van der Waals surface area contributed by atoms with Crippen molar-refractivity contribution < 1.29 is 0 Å². The molecule has 0 bridgehead atoms. The standard InChI is InChI=1S/C15H30N2/c1-12(2)14-8-4-5-9-15(14)16-13-7-6-10-17(3)11-13/h12-16H,4-11H2,1-3H3. The van der Waals surface area contributed by atoms with Crippen LogP contribution in [-0.4, -0.2) is 37.1 Å². The van der Waals surface area contributed by atoms with E-state index in [-0.39, 0.29) is 0 Å². The number of rotatable bonds is 3. The molecule has 2 fully saturated rings. The zero-order valence-electron chi connectivity index (χ0n) is 11.9. The molecule has 2 aliphatic rings. The van der Waals surface area contributed by atoms with E-state index in [9.17, 15) is 0 Å². The van der Waals surface area contributed by atoms with E-state index in [1.165, 1.54) is 51.6 Å². The second-order valence-electron chi connectivity index (χ2n) is 6.57. The molecule has 1 aliphatic heterocycles. The number of hydrogen-bond donors (Lipinski definition) is 1. The van der Waals surface area contributed by atoms with Crippen molar-refractivity contribution in [3.63, 3.8) is 0 Å². The number of nitrogens with one attached hydrogen (secondary N) is 1. The summed E-state index contributed by atoms with van der Waals surface area (Å²) < 4.78 is 0. The molecule has 1 saturated carbocycles. The van der Waals surface area contributed by atoms with Crippen LogP contribution in [0.5, 0.6) is 0 Å². The second-order valence-corrected chi connectivity index (χ2v) is 6.57. The molecule has 0 spiro atoms. The lowest BCUT2D eigenvalue weighted by Crippen LogP contribution is -2.51. The Balaban J connectivity index is 1.86. The monoisotopic (exact) mass is 238 g/mol. The van der Waals surface area contributed by atoms with Gasteiger partial charge in [-0.15, -0.1) is 0 Å². The first-order chi connectivity index (χ1) is 8.16. The maximum absolute atomic E-state index is 3.98. The third-order valence-corrected chi connectivity index (χ3v) is 4.75. The van der Waals surface area contributed by atoms with Gasteiger partial charge in [0, 0.05) is 18.6 Å². The first-order valence-electron chi connectivity index (χ1n) is 7.61. The summed E-state index contributed by atoms with van der Waals surface area (Å²) in [6.07, 6.45) is 8.48. The molecule has 1 saturated heterocycles. The lowest BCUT2D eigenvalue weighted by Gasteiger charge is -2.40. The molecule has 0 aromatic carbocycles. The van der Waals surface area contributed by atoms with Gasteiger partial charge in [-0.3, -0.25) is 0 Å². The van der Waals surface area contributed by atoms with Crippen molar-refractivity contribution in [1.29, 1.82) is 0 Å². The normalized spacial score (nSPS) is 36.4. The van der Waals surface area contributed by atoms with E-state index in [1.807, 2.05) is 0 Å². The minimum atomic E-state index is 0.748. The van der Waals surface area contributed by atoms with Gasteiger partial charge in [-0.05, 0) is 51.1 Å². The molecule has 0 aromatic heterocycles. The third-order valence-electron chi connectivity index (χ3n) is 4.75. The zero-order chi connectivity index (χ0) is 12.3. The average molecular weight is 238 g/mol. The Bertz CT molecular complexity index is 227. The molecule has 2 heteroatoms. The quantitative estimate of drug-likeness (QED) is 0.813. The molecule has 0 amide bonds. The van der Waals surface area contributed by atoms with Crippen molar-refractivity contribution in [3.8, 4) is 0 Å². The Morgan fingerprint density at radius 3 is 2.53 bits per heavy atom. The molecule has 2 nitrogen and oxygen atoms in total. The first-order valence-corrected chi connectivity index (χ1v) is 7.61. The van der Waals surface area contributed by atoms with Gasteiger partial charge in [0.1, 0.15) is 0 Å². The second kappa shape index (κ2) is 6.19. The van der Waals surface area contributed by atoms with Crippen LogP contribution in [0.15, 0.2) is 0 Å². The number of likely N-dealkylation sites (N-methyl/N-ethyl adjacent to an activating group) is 1. The number of nitrogens with zero attached hydrogens (tertiary/aromatic N) is 1. The van der Waals surface area contributed by atoms with Crippen LogP contribution in [0, 0.1) is 11.8 Å². The van der Waals surface area contributed by atoms with Gasteiger partial charge in [-0.25, -0.2) is 0 Å². The summed E-state index contributed by atoms with van der Waals surface area (Å²) in [5, 5.41) is 3.98. The SMILES string of the molecule is CC(C)C1CCCCC1NC1CCCN(C)C1. The molecule has 0 radical (unpaired) electrons. The highest BCUT2D eigenvalue weighted by Crippen LogP contribution is 2.30. The van der Waals surface area contributed by atoms with Crippen LogP contribution in [0.4, 0.5) is 0 Å². The van der Waals surface area contributed by atoms with Crippen molar-refractivity contribution in [2.45, 2.75) is 64.5 Å². The van der Waals surface area contributed by atoms with E-state index in [2.05, 4.69) is 31.1 Å². The zero-order valence-corrected chi connectivity index (χ0v) is 11.9. The molecule has 1 N–H and O–H groups in total. The van der Waals surface area contributed by atoms with E-state index in [0.29, 0.717) is 0 Å². The van der Waals surface area contributed by atoms with Crippen LogP contribution in [0.1, 0.15) is 52.4 Å². The van der Waals surface area contributed by atoms with Crippen LogP contribution >= 0.6 is 0 Å². The highest BCUT2D eigenvalue weighted by molar-refractivity contribution is 4.87. The largest absolute Gasteiger partial charge is 0.310 e. The number of likely N-dealkylation sites (tertiary alicyclic amines) is 1. The third kappa shape index (κ3) is 3.69. The van der Waals surface area contributed by atoms with Crippen LogP contribution < -0.4 is 5.32 Å². The molecule has 17 heavy (non-hydrogen) atoms. The van der Waals surface area contributed by atoms with Crippen LogP contribution in [-0.2, 0) is 0 Å². The number of hydrogen-bond acceptors (Lipinski definition) is 2. The summed E-state index contributed by atoms with van der Waals surface area (Å²) in [6, 6.07) is 1.54. The summed E-state index contributed by atoms with van der Waals surface area (Å²) in [7, 11) is 2.26. The van der Waals surface area contributed by atoms with Crippen molar-refractivity contribution >= 4 is 0 Å². The van der Waals surface area contributed by atoms with Gasteiger partial charge in [-0.2, -0.15) is 0 Å². The van der Waals surface area contributed by atoms with Gasteiger partial charge >= 0.3 is 0 Å². The van der Waals surface area contributed by atoms with Gasteiger partial charge in [0.15, 0.2) is 0 Å². The maximum Gasteiger partial charge on any atom is 0.0198 e. The smallest absolute Gasteiger partial charge is 0.0198 e. The van der Waals surface area contributed by atoms with Crippen LogP contribution in [0.25, 0.3) is 0 Å². The van der Waals surface area contributed by atoms with E-state index in [0.717, 1.165) is 23.9 Å². The lowest BCUT2D eigenvalue weighted by atomic mass is 9.77. The molecular formula is C15H30N2. The predicted octanol–water partition coefficient (Wildman–Crippen LogP) is 2.89. The van der Waals surface area contributed by atoms with Gasteiger partial charge in [0.05, 0.1) is 0 Å². The molecule has 2 rings (SSSR count). The van der Waals surface area contributed by atoms with Gasteiger partial charge in [-0.1, -0.05) is 26.7 Å². The Kier molecular flexibility index (Phi) is 4.87. The first kappa shape index (κ1) is 13.4. The van der Waals surface area contributed by atoms with Gasteiger partial charge < -0.3 is 10.2 Å². The van der Waals surface area contributed by atoms with Gasteiger partial charge in [0.2, 0.25) is 0 Å². The van der Waals surface area contributed by atoms with Crippen molar-refractivity contribution in [1.82, 2.24) is 10.2 Å². The Morgan fingerprint density at radius 1 is 1.06 bits per heavy atom. The highest BCUT2D eigenvalue weighted by atomic mass is 15.1. The Labute approximate surface area is 107 Å². The Hall–Kier alpha value is -0.0800. The van der Waals surface area contributed by atoms with Gasteiger partial charge in [0.25, 0.3) is 0 Å². The van der Waals surface area contributed by atoms with Crippen molar-refractivity contribution in [2.24, 2.45) is 11.8 Å². The van der Waals surface area contributed by atoms with E-state index >= 15 is 0 Å². The fourth-order valence-corrected chi connectivity index (χ4v) is 3.77. The summed E-state index contributed by atoms with van der Waals surface area (Å²) >= 11 is 0. The van der Waals surface area contributed by atoms with Crippen molar-refractivity contribution in [2.75, 3.05) is 20.1 Å². The predicted molar refractivity (Wildman–Crippen MR) is 74.2 cm³/mol. The topological polar surface area (TPSA) is 15.3 Å². The maximum atomic E-state index is 3.98. The summed E-state index contributed by atoms with van der Waals surface area (Å²) in [6.45, 7) is 7.34. The summed E-state index contributed by atoms with van der Waals surface area (Å²) in [5.74, 6) is 1.75. The number of piperidine rings is 1. The van der Waals surface area contributed by atoms with E-state index in [1.54, 1.807) is 0 Å². The summed E-state index contributed by atoms with van der Waals surface area (Å²) in [5.41, 5.74) is 0. The highest BCUT2D eigenvalue weighted by Gasteiger charge is 2.29. The molecule has 3 unspecified atom stereocenters. The molecule has 0 aromatic rings.